The third kappa shape index (κ3) is 1.83. The number of carbonyl (C=O) groups excluding carboxylic acids is 2. The lowest BCUT2D eigenvalue weighted by molar-refractivity contribution is -0.137. The largest absolute Gasteiger partial charge is 0.299 e. The lowest BCUT2D eigenvalue weighted by Gasteiger charge is -2.30. The average Bonchev–Trinajstić information content (AvgIpc) is 2.66. The van der Waals surface area contributed by atoms with Crippen molar-refractivity contribution in [3.63, 3.8) is 0 Å². The van der Waals surface area contributed by atoms with Gasteiger partial charge in [-0.25, -0.2) is 4.39 Å². The van der Waals surface area contributed by atoms with Gasteiger partial charge in [-0.05, 0) is 24.5 Å². The highest BCUT2D eigenvalue weighted by molar-refractivity contribution is 6.16. The van der Waals surface area contributed by atoms with Crippen molar-refractivity contribution in [3.8, 4) is 0 Å². The first-order valence-corrected chi connectivity index (χ1v) is 6.97. The monoisotopic (exact) mass is 260 g/mol. The number of rotatable bonds is 1. The Morgan fingerprint density at radius 1 is 1.05 bits per heavy atom. The van der Waals surface area contributed by atoms with Crippen LogP contribution in [-0.4, -0.2) is 11.6 Å². The van der Waals surface area contributed by atoms with Gasteiger partial charge < -0.3 is 0 Å². The summed E-state index contributed by atoms with van der Waals surface area (Å²) in [6.07, 6.45) is 4.46. The van der Waals surface area contributed by atoms with Gasteiger partial charge in [0.2, 0.25) is 0 Å². The molecule has 0 saturated heterocycles. The maximum Gasteiger partial charge on any atom is 0.154 e. The van der Waals surface area contributed by atoms with E-state index in [1.54, 1.807) is 18.2 Å². The van der Waals surface area contributed by atoms with Crippen LogP contribution < -0.4 is 0 Å². The van der Waals surface area contributed by atoms with E-state index >= 15 is 0 Å². The summed E-state index contributed by atoms with van der Waals surface area (Å²) in [5.41, 5.74) is -0.395. The molecule has 0 radical (unpaired) electrons. The van der Waals surface area contributed by atoms with Gasteiger partial charge in [-0.1, -0.05) is 37.5 Å². The SMILES string of the molecule is O=C1CC(c2ccccc2F)C(=O)C12CCCCC2. The molecule has 1 aromatic carbocycles. The molecule has 0 N–H and O–H groups in total. The zero-order valence-electron chi connectivity index (χ0n) is 10.8. The predicted octanol–water partition coefficient (Wildman–Crippen LogP) is 3.40. The fraction of sp³-hybridized carbons (Fsp3) is 0.500. The fourth-order valence-corrected chi connectivity index (χ4v) is 3.63. The van der Waals surface area contributed by atoms with E-state index in [9.17, 15) is 14.0 Å². The Kier molecular flexibility index (Phi) is 3.00. The molecular weight excluding hydrogens is 243 g/mol. The average molecular weight is 260 g/mol. The molecule has 2 aliphatic rings. The molecule has 100 valence electrons. The van der Waals surface area contributed by atoms with Crippen LogP contribution in [0.25, 0.3) is 0 Å². The van der Waals surface area contributed by atoms with Crippen LogP contribution in [0.4, 0.5) is 4.39 Å². The molecule has 1 spiro atoms. The van der Waals surface area contributed by atoms with Crippen molar-refractivity contribution in [2.45, 2.75) is 44.4 Å². The molecular formula is C16H17FO2. The summed E-state index contributed by atoms with van der Waals surface area (Å²) in [6.45, 7) is 0. The van der Waals surface area contributed by atoms with Crippen LogP contribution in [0.3, 0.4) is 0 Å². The maximum absolute atomic E-state index is 13.8. The first kappa shape index (κ1) is 12.5. The summed E-state index contributed by atoms with van der Waals surface area (Å²) in [5.74, 6) is -0.943. The minimum absolute atomic E-state index is 0.0328. The Morgan fingerprint density at radius 2 is 1.74 bits per heavy atom. The summed E-state index contributed by atoms with van der Waals surface area (Å²) in [4.78, 5) is 25.0. The van der Waals surface area contributed by atoms with Crippen molar-refractivity contribution in [2.24, 2.45) is 5.41 Å². The molecule has 3 rings (SSSR count). The first-order valence-electron chi connectivity index (χ1n) is 6.97. The topological polar surface area (TPSA) is 34.1 Å². The highest BCUT2D eigenvalue weighted by Gasteiger charge is 2.54. The van der Waals surface area contributed by atoms with Gasteiger partial charge in [0.05, 0.1) is 11.3 Å². The van der Waals surface area contributed by atoms with Crippen LogP contribution in [-0.2, 0) is 9.59 Å². The van der Waals surface area contributed by atoms with E-state index in [0.717, 1.165) is 19.3 Å². The molecule has 0 heterocycles. The molecule has 2 nitrogen and oxygen atoms in total. The molecule has 0 bridgehead atoms. The van der Waals surface area contributed by atoms with Gasteiger partial charge in [0, 0.05) is 6.42 Å². The van der Waals surface area contributed by atoms with E-state index in [4.69, 9.17) is 0 Å². The first-order chi connectivity index (χ1) is 9.15. The number of benzene rings is 1. The Labute approximate surface area is 112 Å². The lowest BCUT2D eigenvalue weighted by Crippen LogP contribution is -2.35. The van der Waals surface area contributed by atoms with E-state index in [0.29, 0.717) is 18.4 Å². The third-order valence-electron chi connectivity index (χ3n) is 4.70. The molecule has 2 saturated carbocycles. The van der Waals surface area contributed by atoms with E-state index in [1.165, 1.54) is 6.07 Å². The molecule has 1 aromatic rings. The molecule has 19 heavy (non-hydrogen) atoms. The van der Waals surface area contributed by atoms with Crippen molar-refractivity contribution >= 4 is 11.6 Å². The fourth-order valence-electron chi connectivity index (χ4n) is 3.63. The molecule has 1 atom stereocenters. The number of ketones is 2. The molecule has 0 aromatic heterocycles. The van der Waals surface area contributed by atoms with Gasteiger partial charge in [-0.2, -0.15) is 0 Å². The summed E-state index contributed by atoms with van der Waals surface area (Å²) in [6, 6.07) is 6.32. The maximum atomic E-state index is 13.8. The third-order valence-corrected chi connectivity index (χ3v) is 4.70. The number of halogens is 1. The van der Waals surface area contributed by atoms with Crippen molar-refractivity contribution in [2.75, 3.05) is 0 Å². The predicted molar refractivity (Wildman–Crippen MR) is 69.3 cm³/mol. The molecule has 3 heteroatoms. The standard InChI is InChI=1S/C16H17FO2/c17-13-7-3-2-6-11(13)12-10-14(18)16(15(12)19)8-4-1-5-9-16/h2-3,6-7,12H,1,4-5,8-10H2. The van der Waals surface area contributed by atoms with Crippen molar-refractivity contribution in [3.05, 3.63) is 35.6 Å². The number of carbonyl (C=O) groups is 2. The van der Waals surface area contributed by atoms with Crippen LogP contribution >= 0.6 is 0 Å². The van der Waals surface area contributed by atoms with E-state index in [2.05, 4.69) is 0 Å². The van der Waals surface area contributed by atoms with Gasteiger partial charge in [0.1, 0.15) is 11.6 Å². The normalized spacial score (nSPS) is 26.1. The van der Waals surface area contributed by atoms with Gasteiger partial charge in [0.25, 0.3) is 0 Å². The van der Waals surface area contributed by atoms with Gasteiger partial charge in [0.15, 0.2) is 5.78 Å². The van der Waals surface area contributed by atoms with Crippen LogP contribution in [0.2, 0.25) is 0 Å². The number of hydrogen-bond donors (Lipinski definition) is 0. The summed E-state index contributed by atoms with van der Waals surface area (Å²) in [5, 5.41) is 0. The molecule has 1 unspecified atom stereocenters. The highest BCUT2D eigenvalue weighted by Crippen LogP contribution is 2.49. The minimum atomic E-state index is -0.787. The molecule has 0 amide bonds. The Hall–Kier alpha value is -1.51. The second kappa shape index (κ2) is 4.55. The zero-order chi connectivity index (χ0) is 13.5. The van der Waals surface area contributed by atoms with E-state index in [-0.39, 0.29) is 23.8 Å². The molecule has 2 fully saturated rings. The Balaban J connectivity index is 1.97. The minimum Gasteiger partial charge on any atom is -0.299 e. The van der Waals surface area contributed by atoms with Crippen molar-refractivity contribution in [1.82, 2.24) is 0 Å². The van der Waals surface area contributed by atoms with Crippen molar-refractivity contribution in [1.29, 1.82) is 0 Å². The van der Waals surface area contributed by atoms with Crippen LogP contribution in [0, 0.1) is 11.2 Å². The summed E-state index contributed by atoms with van der Waals surface area (Å²) >= 11 is 0. The van der Waals surface area contributed by atoms with Crippen LogP contribution in [0.1, 0.15) is 50.0 Å². The smallest absolute Gasteiger partial charge is 0.154 e. The lowest BCUT2D eigenvalue weighted by atomic mass is 9.70. The van der Waals surface area contributed by atoms with E-state index in [1.807, 2.05) is 0 Å². The summed E-state index contributed by atoms with van der Waals surface area (Å²) in [7, 11) is 0. The van der Waals surface area contributed by atoms with Gasteiger partial charge >= 0.3 is 0 Å². The second-order valence-corrected chi connectivity index (χ2v) is 5.71. The van der Waals surface area contributed by atoms with Crippen LogP contribution in [0.15, 0.2) is 24.3 Å². The molecule has 0 aliphatic heterocycles. The highest BCUT2D eigenvalue weighted by atomic mass is 19.1. The Morgan fingerprint density at radius 3 is 2.42 bits per heavy atom. The van der Waals surface area contributed by atoms with E-state index < -0.39 is 11.3 Å². The van der Waals surface area contributed by atoms with Crippen LogP contribution in [0.5, 0.6) is 0 Å². The zero-order valence-corrected chi connectivity index (χ0v) is 10.8. The van der Waals surface area contributed by atoms with Gasteiger partial charge in [-0.15, -0.1) is 0 Å². The number of hydrogen-bond acceptors (Lipinski definition) is 2. The molecule has 2 aliphatic carbocycles. The number of Topliss-reactive ketones (excluding diaryl/α,β-unsaturated/α-hetero) is 2. The van der Waals surface area contributed by atoms with Gasteiger partial charge in [-0.3, -0.25) is 9.59 Å². The second-order valence-electron chi connectivity index (χ2n) is 5.71. The quantitative estimate of drug-likeness (QED) is 0.725. The summed E-state index contributed by atoms with van der Waals surface area (Å²) < 4.78 is 13.8. The Bertz CT molecular complexity index is 529. The van der Waals surface area contributed by atoms with Crippen molar-refractivity contribution < 1.29 is 14.0 Å².